The molecule has 0 aromatic carbocycles. The van der Waals surface area contributed by atoms with Gasteiger partial charge in [-0.25, -0.2) is 9.97 Å². The van der Waals surface area contributed by atoms with Crippen molar-refractivity contribution in [1.29, 1.82) is 0 Å². The molecule has 1 rings (SSSR count). The monoisotopic (exact) mass is 158 g/mol. The highest BCUT2D eigenvalue weighted by atomic mass is 14.8. The molecule has 0 aliphatic carbocycles. The zero-order chi connectivity index (χ0) is 8.81. The lowest BCUT2D eigenvalue weighted by Gasteiger charge is -1.97. The fourth-order valence-electron chi connectivity index (χ4n) is 0.857. The predicted octanol–water partition coefficient (Wildman–Crippen LogP) is 2.23. The van der Waals surface area contributed by atoms with Crippen molar-refractivity contribution in [3.63, 3.8) is 0 Å². The Balaban J connectivity index is 3.03. The summed E-state index contributed by atoms with van der Waals surface area (Å²) in [6.45, 7) is 7.29. The Morgan fingerprint density at radius 3 is 2.42 bits per heavy atom. The average Bonchev–Trinajstić information content (AvgIpc) is 2.15. The van der Waals surface area contributed by atoms with E-state index in [1.54, 1.807) is 24.5 Å². The summed E-state index contributed by atoms with van der Waals surface area (Å²) in [6.07, 6.45) is 10.3. The van der Waals surface area contributed by atoms with Gasteiger partial charge < -0.3 is 0 Å². The molecule has 0 N–H and O–H groups in total. The topological polar surface area (TPSA) is 25.8 Å². The Labute approximate surface area is 72.0 Å². The SMILES string of the molecule is C=CC=C(C=C)c1cncnc1. The van der Waals surface area contributed by atoms with Gasteiger partial charge in [0.2, 0.25) is 0 Å². The molecule has 0 saturated heterocycles. The molecule has 0 unspecified atom stereocenters. The largest absolute Gasteiger partial charge is 0.244 e. The number of nitrogens with zero attached hydrogens (tertiary/aromatic N) is 2. The van der Waals surface area contributed by atoms with Crippen LogP contribution in [0.15, 0.2) is 50.1 Å². The summed E-state index contributed by atoms with van der Waals surface area (Å²) in [5.74, 6) is 0. The van der Waals surface area contributed by atoms with Crippen LogP contribution in [-0.4, -0.2) is 9.97 Å². The maximum Gasteiger partial charge on any atom is 0.115 e. The van der Waals surface area contributed by atoms with Gasteiger partial charge in [-0.2, -0.15) is 0 Å². The van der Waals surface area contributed by atoms with E-state index in [0.29, 0.717) is 0 Å². The number of allylic oxidation sites excluding steroid dienone is 4. The maximum atomic E-state index is 3.90. The molecular formula is C10H10N2. The van der Waals surface area contributed by atoms with Crippen molar-refractivity contribution in [3.8, 4) is 0 Å². The predicted molar refractivity (Wildman–Crippen MR) is 50.4 cm³/mol. The van der Waals surface area contributed by atoms with E-state index >= 15 is 0 Å². The van der Waals surface area contributed by atoms with Crippen LogP contribution in [0.3, 0.4) is 0 Å². The van der Waals surface area contributed by atoms with E-state index in [2.05, 4.69) is 23.1 Å². The second kappa shape index (κ2) is 4.23. The van der Waals surface area contributed by atoms with E-state index in [1.165, 1.54) is 6.33 Å². The van der Waals surface area contributed by atoms with Gasteiger partial charge in [0, 0.05) is 18.0 Å². The van der Waals surface area contributed by atoms with Crippen LogP contribution in [0.25, 0.3) is 5.57 Å². The third-order valence-electron chi connectivity index (χ3n) is 1.41. The van der Waals surface area contributed by atoms with Gasteiger partial charge in [0.25, 0.3) is 0 Å². The van der Waals surface area contributed by atoms with E-state index in [-0.39, 0.29) is 0 Å². The van der Waals surface area contributed by atoms with Crippen molar-refractivity contribution in [1.82, 2.24) is 9.97 Å². The molecule has 60 valence electrons. The third kappa shape index (κ3) is 1.89. The summed E-state index contributed by atoms with van der Waals surface area (Å²) >= 11 is 0. The molecule has 2 heteroatoms. The first-order chi connectivity index (χ1) is 5.88. The Hall–Kier alpha value is -1.70. The summed E-state index contributed by atoms with van der Waals surface area (Å²) in [6, 6.07) is 0. The quantitative estimate of drug-likeness (QED) is 0.630. The van der Waals surface area contributed by atoms with Gasteiger partial charge in [0.15, 0.2) is 0 Å². The van der Waals surface area contributed by atoms with Gasteiger partial charge in [-0.15, -0.1) is 0 Å². The zero-order valence-corrected chi connectivity index (χ0v) is 6.77. The lowest BCUT2D eigenvalue weighted by molar-refractivity contribution is 1.15. The molecule has 0 spiro atoms. The molecule has 1 heterocycles. The lowest BCUT2D eigenvalue weighted by atomic mass is 10.1. The molecule has 1 aromatic heterocycles. The number of hydrogen-bond donors (Lipinski definition) is 0. The van der Waals surface area contributed by atoms with Gasteiger partial charge in [-0.05, 0) is 5.57 Å². The maximum absolute atomic E-state index is 3.90. The van der Waals surface area contributed by atoms with E-state index in [9.17, 15) is 0 Å². The molecule has 0 radical (unpaired) electrons. The number of rotatable bonds is 3. The Morgan fingerprint density at radius 1 is 1.25 bits per heavy atom. The molecule has 1 aromatic rings. The molecule has 12 heavy (non-hydrogen) atoms. The lowest BCUT2D eigenvalue weighted by Crippen LogP contribution is -1.83. The molecule has 0 aliphatic rings. The summed E-state index contributed by atoms with van der Waals surface area (Å²) in [7, 11) is 0. The summed E-state index contributed by atoms with van der Waals surface area (Å²) in [5, 5.41) is 0. The second-order valence-corrected chi connectivity index (χ2v) is 2.19. The molecule has 0 fully saturated rings. The van der Waals surface area contributed by atoms with Crippen LogP contribution < -0.4 is 0 Å². The van der Waals surface area contributed by atoms with Gasteiger partial charge in [0.05, 0.1) is 0 Å². The highest BCUT2D eigenvalue weighted by molar-refractivity contribution is 5.73. The van der Waals surface area contributed by atoms with E-state index < -0.39 is 0 Å². The first-order valence-electron chi connectivity index (χ1n) is 3.59. The molecule has 0 amide bonds. The van der Waals surface area contributed by atoms with E-state index in [1.807, 2.05) is 6.08 Å². The van der Waals surface area contributed by atoms with Gasteiger partial charge in [-0.3, -0.25) is 0 Å². The van der Waals surface area contributed by atoms with Gasteiger partial charge in [0.1, 0.15) is 6.33 Å². The second-order valence-electron chi connectivity index (χ2n) is 2.19. The zero-order valence-electron chi connectivity index (χ0n) is 6.77. The minimum atomic E-state index is 0.951. The van der Waals surface area contributed by atoms with Crippen LogP contribution in [0.4, 0.5) is 0 Å². The fourth-order valence-corrected chi connectivity index (χ4v) is 0.857. The Kier molecular flexibility index (Phi) is 2.96. The minimum Gasteiger partial charge on any atom is -0.244 e. The Morgan fingerprint density at radius 2 is 1.92 bits per heavy atom. The third-order valence-corrected chi connectivity index (χ3v) is 1.41. The van der Waals surface area contributed by atoms with Gasteiger partial charge in [-0.1, -0.05) is 31.4 Å². The van der Waals surface area contributed by atoms with Crippen molar-refractivity contribution in [3.05, 3.63) is 55.7 Å². The highest BCUT2D eigenvalue weighted by Crippen LogP contribution is 2.11. The van der Waals surface area contributed by atoms with Crippen molar-refractivity contribution in [2.24, 2.45) is 0 Å². The van der Waals surface area contributed by atoms with Crippen LogP contribution in [-0.2, 0) is 0 Å². The number of aromatic nitrogens is 2. The van der Waals surface area contributed by atoms with Crippen LogP contribution in [0.1, 0.15) is 5.56 Å². The molecule has 0 atom stereocenters. The molecule has 0 aliphatic heterocycles. The summed E-state index contributed by atoms with van der Waals surface area (Å²) in [4.78, 5) is 7.80. The first-order valence-corrected chi connectivity index (χ1v) is 3.59. The van der Waals surface area contributed by atoms with Crippen molar-refractivity contribution in [2.45, 2.75) is 0 Å². The Bertz CT molecular complexity index is 299. The van der Waals surface area contributed by atoms with Crippen molar-refractivity contribution >= 4 is 5.57 Å². The van der Waals surface area contributed by atoms with Gasteiger partial charge >= 0.3 is 0 Å². The fraction of sp³-hybridized carbons (Fsp3) is 0. The van der Waals surface area contributed by atoms with Crippen molar-refractivity contribution < 1.29 is 0 Å². The summed E-state index contributed by atoms with van der Waals surface area (Å²) in [5.41, 5.74) is 1.93. The molecule has 0 bridgehead atoms. The van der Waals surface area contributed by atoms with Crippen molar-refractivity contribution in [2.75, 3.05) is 0 Å². The van der Waals surface area contributed by atoms with E-state index in [0.717, 1.165) is 11.1 Å². The smallest absolute Gasteiger partial charge is 0.115 e. The average molecular weight is 158 g/mol. The molecular weight excluding hydrogens is 148 g/mol. The molecule has 0 saturated carbocycles. The van der Waals surface area contributed by atoms with E-state index in [4.69, 9.17) is 0 Å². The highest BCUT2D eigenvalue weighted by Gasteiger charge is 1.94. The normalized spacial score (nSPS) is 10.8. The minimum absolute atomic E-state index is 0.951. The van der Waals surface area contributed by atoms with Crippen LogP contribution in [0.5, 0.6) is 0 Å². The van der Waals surface area contributed by atoms with Crippen LogP contribution in [0, 0.1) is 0 Å². The van der Waals surface area contributed by atoms with Crippen LogP contribution >= 0.6 is 0 Å². The molecule has 2 nitrogen and oxygen atoms in total. The van der Waals surface area contributed by atoms with Crippen LogP contribution in [0.2, 0.25) is 0 Å². The summed E-state index contributed by atoms with van der Waals surface area (Å²) < 4.78 is 0. The standard InChI is InChI=1S/C10H10N2/c1-3-5-9(4-2)10-6-11-8-12-7-10/h3-8H,1-2H2. The number of hydrogen-bond acceptors (Lipinski definition) is 2. The first kappa shape index (κ1) is 8.40.